The monoisotopic (exact) mass is 253 g/mol. The Morgan fingerprint density at radius 3 is 3.06 bits per heavy atom. The number of carboxylic acids is 1. The predicted molar refractivity (Wildman–Crippen MR) is 62.5 cm³/mol. The van der Waals surface area contributed by atoms with Crippen LogP contribution >= 0.6 is 0 Å². The van der Waals surface area contributed by atoms with E-state index in [4.69, 9.17) is 9.84 Å². The van der Waals surface area contributed by atoms with E-state index in [0.29, 0.717) is 18.8 Å². The molecule has 2 heterocycles. The van der Waals surface area contributed by atoms with E-state index in [1.54, 1.807) is 6.92 Å². The van der Waals surface area contributed by atoms with Gasteiger partial charge in [0.2, 0.25) is 0 Å². The van der Waals surface area contributed by atoms with E-state index in [1.807, 2.05) is 0 Å². The minimum absolute atomic E-state index is 0.136. The number of aliphatic hydroxyl groups is 1. The predicted octanol–water partition coefficient (Wildman–Crippen LogP) is 0.127. The van der Waals surface area contributed by atoms with E-state index in [1.165, 1.54) is 12.4 Å². The zero-order valence-corrected chi connectivity index (χ0v) is 9.96. The summed E-state index contributed by atoms with van der Waals surface area (Å²) in [6, 6.07) is 0. The Labute approximate surface area is 104 Å². The zero-order valence-electron chi connectivity index (χ0n) is 9.96. The lowest BCUT2D eigenvalue weighted by Gasteiger charge is -2.26. The molecule has 0 radical (unpaired) electrons. The van der Waals surface area contributed by atoms with Gasteiger partial charge in [-0.05, 0) is 6.92 Å². The van der Waals surface area contributed by atoms with E-state index in [0.717, 1.165) is 0 Å². The number of hydrogen-bond donors (Lipinski definition) is 3. The molecule has 98 valence electrons. The van der Waals surface area contributed by atoms with Crippen molar-refractivity contribution in [2.45, 2.75) is 25.0 Å². The molecule has 0 amide bonds. The standard InChI is InChI=1S/C11H15N3O4/c1-7-11(17,2-3-18-7)6-13-9-5-12-4-8(14-9)10(15)16/h4-5,7,17H,2-3,6H2,1H3,(H,13,14)(H,15,16). The summed E-state index contributed by atoms with van der Waals surface area (Å²) in [6.45, 7) is 2.56. The van der Waals surface area contributed by atoms with Crippen molar-refractivity contribution in [1.82, 2.24) is 9.97 Å². The molecule has 7 heteroatoms. The first-order chi connectivity index (χ1) is 8.51. The Balaban J connectivity index is 2.02. The van der Waals surface area contributed by atoms with Gasteiger partial charge in [0.25, 0.3) is 0 Å². The van der Waals surface area contributed by atoms with Crippen molar-refractivity contribution in [3.8, 4) is 0 Å². The number of nitrogens with zero attached hydrogens (tertiary/aromatic N) is 2. The van der Waals surface area contributed by atoms with Gasteiger partial charge >= 0.3 is 5.97 Å². The Hall–Kier alpha value is -1.73. The lowest BCUT2D eigenvalue weighted by molar-refractivity contribution is -0.0176. The second-order valence-corrected chi connectivity index (χ2v) is 4.31. The molecule has 1 aliphatic heterocycles. The maximum Gasteiger partial charge on any atom is 0.356 e. The van der Waals surface area contributed by atoms with Crippen molar-refractivity contribution in [2.24, 2.45) is 0 Å². The fraction of sp³-hybridized carbons (Fsp3) is 0.545. The van der Waals surface area contributed by atoms with Crippen molar-refractivity contribution < 1.29 is 19.7 Å². The molecule has 0 bridgehead atoms. The summed E-state index contributed by atoms with van der Waals surface area (Å²) in [5, 5.41) is 21.9. The van der Waals surface area contributed by atoms with Gasteiger partial charge in [-0.15, -0.1) is 0 Å². The van der Waals surface area contributed by atoms with Crippen molar-refractivity contribution in [3.63, 3.8) is 0 Å². The Kier molecular flexibility index (Phi) is 3.44. The maximum absolute atomic E-state index is 10.7. The van der Waals surface area contributed by atoms with Crippen molar-refractivity contribution in [3.05, 3.63) is 18.1 Å². The van der Waals surface area contributed by atoms with Gasteiger partial charge in [-0.3, -0.25) is 4.98 Å². The minimum atomic E-state index is -1.14. The van der Waals surface area contributed by atoms with Crippen LogP contribution in [0.25, 0.3) is 0 Å². The van der Waals surface area contributed by atoms with Crippen molar-refractivity contribution >= 4 is 11.8 Å². The van der Waals surface area contributed by atoms with Gasteiger partial charge in [0, 0.05) is 19.6 Å². The molecule has 2 atom stereocenters. The Morgan fingerprint density at radius 1 is 1.67 bits per heavy atom. The molecule has 1 aromatic heterocycles. The molecule has 0 spiro atoms. The average molecular weight is 253 g/mol. The highest BCUT2D eigenvalue weighted by Crippen LogP contribution is 2.25. The summed E-state index contributed by atoms with van der Waals surface area (Å²) in [5.74, 6) is -0.815. The van der Waals surface area contributed by atoms with Crippen LogP contribution in [0.3, 0.4) is 0 Å². The third kappa shape index (κ3) is 2.57. The maximum atomic E-state index is 10.7. The number of anilines is 1. The van der Waals surface area contributed by atoms with E-state index >= 15 is 0 Å². The van der Waals surface area contributed by atoms with Crippen molar-refractivity contribution in [2.75, 3.05) is 18.5 Å². The molecule has 1 aromatic rings. The van der Waals surface area contributed by atoms with E-state index in [-0.39, 0.29) is 18.3 Å². The largest absolute Gasteiger partial charge is 0.476 e. The summed E-state index contributed by atoms with van der Waals surface area (Å²) in [4.78, 5) is 18.4. The molecule has 2 rings (SSSR count). The van der Waals surface area contributed by atoms with Crippen LogP contribution in [-0.4, -0.2) is 51.0 Å². The lowest BCUT2D eigenvalue weighted by Crippen LogP contribution is -2.43. The molecule has 0 saturated carbocycles. The van der Waals surface area contributed by atoms with Gasteiger partial charge in [-0.25, -0.2) is 9.78 Å². The first-order valence-electron chi connectivity index (χ1n) is 5.64. The molecule has 7 nitrogen and oxygen atoms in total. The van der Waals surface area contributed by atoms with Crippen LogP contribution in [0.4, 0.5) is 5.82 Å². The van der Waals surface area contributed by atoms with Crippen LogP contribution in [0.2, 0.25) is 0 Å². The number of nitrogens with one attached hydrogen (secondary N) is 1. The summed E-state index contributed by atoms with van der Waals surface area (Å²) in [5.41, 5.74) is -1.09. The number of hydrogen-bond acceptors (Lipinski definition) is 6. The third-order valence-electron chi connectivity index (χ3n) is 3.09. The second-order valence-electron chi connectivity index (χ2n) is 4.31. The van der Waals surface area contributed by atoms with Gasteiger partial charge in [0.15, 0.2) is 5.69 Å². The van der Waals surface area contributed by atoms with Crippen LogP contribution in [0.15, 0.2) is 12.4 Å². The molecule has 0 aliphatic carbocycles. The van der Waals surface area contributed by atoms with Gasteiger partial charge in [0.1, 0.15) is 11.4 Å². The molecular weight excluding hydrogens is 238 g/mol. The number of aromatic nitrogens is 2. The van der Waals surface area contributed by atoms with Gasteiger partial charge in [-0.1, -0.05) is 0 Å². The number of aromatic carboxylic acids is 1. The van der Waals surface area contributed by atoms with Crippen LogP contribution in [0.5, 0.6) is 0 Å². The minimum Gasteiger partial charge on any atom is -0.476 e. The van der Waals surface area contributed by atoms with Crippen LogP contribution in [-0.2, 0) is 4.74 Å². The highest BCUT2D eigenvalue weighted by Gasteiger charge is 2.39. The molecule has 2 unspecified atom stereocenters. The zero-order chi connectivity index (χ0) is 13.2. The third-order valence-corrected chi connectivity index (χ3v) is 3.09. The van der Waals surface area contributed by atoms with E-state index in [2.05, 4.69) is 15.3 Å². The van der Waals surface area contributed by atoms with Gasteiger partial charge < -0.3 is 20.3 Å². The number of carbonyl (C=O) groups is 1. The number of ether oxygens (including phenoxy) is 1. The number of carboxylic acid groups (broad SMARTS) is 1. The fourth-order valence-electron chi connectivity index (χ4n) is 1.80. The highest BCUT2D eigenvalue weighted by atomic mass is 16.5. The highest BCUT2D eigenvalue weighted by molar-refractivity contribution is 5.85. The van der Waals surface area contributed by atoms with Gasteiger partial charge in [-0.2, -0.15) is 0 Å². The van der Waals surface area contributed by atoms with E-state index < -0.39 is 11.6 Å². The SMILES string of the molecule is CC1OCCC1(O)CNc1cncc(C(=O)O)n1. The van der Waals surface area contributed by atoms with E-state index in [9.17, 15) is 9.90 Å². The Morgan fingerprint density at radius 2 is 2.44 bits per heavy atom. The normalized spacial score (nSPS) is 27.1. The summed E-state index contributed by atoms with van der Waals surface area (Å²) >= 11 is 0. The van der Waals surface area contributed by atoms with Crippen molar-refractivity contribution in [1.29, 1.82) is 0 Å². The molecule has 1 fully saturated rings. The van der Waals surface area contributed by atoms with Crippen LogP contribution < -0.4 is 5.32 Å². The summed E-state index contributed by atoms with van der Waals surface area (Å²) in [6.07, 6.45) is 2.85. The fourth-order valence-corrected chi connectivity index (χ4v) is 1.80. The molecule has 3 N–H and O–H groups in total. The van der Waals surface area contributed by atoms with Crippen LogP contribution in [0, 0.1) is 0 Å². The second kappa shape index (κ2) is 4.87. The summed E-state index contributed by atoms with van der Waals surface area (Å²) < 4.78 is 5.30. The van der Waals surface area contributed by atoms with Crippen LogP contribution in [0.1, 0.15) is 23.8 Å². The average Bonchev–Trinajstić information content (AvgIpc) is 2.68. The Bertz CT molecular complexity index is 454. The number of rotatable bonds is 4. The molecule has 1 saturated heterocycles. The van der Waals surface area contributed by atoms with Gasteiger partial charge in [0.05, 0.1) is 18.5 Å². The molecule has 0 aromatic carbocycles. The molecule has 18 heavy (non-hydrogen) atoms. The topological polar surface area (TPSA) is 105 Å². The molecular formula is C11H15N3O4. The smallest absolute Gasteiger partial charge is 0.356 e. The lowest BCUT2D eigenvalue weighted by atomic mass is 9.97. The first-order valence-corrected chi connectivity index (χ1v) is 5.64. The first kappa shape index (κ1) is 12.7. The quantitative estimate of drug-likeness (QED) is 0.700. The molecule has 1 aliphatic rings. The summed E-state index contributed by atoms with van der Waals surface area (Å²) in [7, 11) is 0.